The van der Waals surface area contributed by atoms with Crippen molar-refractivity contribution in [3.63, 3.8) is 0 Å². The summed E-state index contributed by atoms with van der Waals surface area (Å²) in [5.41, 5.74) is 10.2. The van der Waals surface area contributed by atoms with Crippen LogP contribution in [0.25, 0.3) is 0 Å². The molecule has 0 saturated carbocycles. The lowest BCUT2D eigenvalue weighted by Gasteiger charge is -2.24. The van der Waals surface area contributed by atoms with Crippen LogP contribution in [0.5, 0.6) is 5.75 Å². The monoisotopic (exact) mass is 456 g/mol. The summed E-state index contributed by atoms with van der Waals surface area (Å²) >= 11 is 0. The van der Waals surface area contributed by atoms with Gasteiger partial charge in [0.25, 0.3) is 0 Å². The molecule has 5 rings (SSSR count). The minimum atomic E-state index is -0.0587. The Hall–Kier alpha value is -3.19. The van der Waals surface area contributed by atoms with Crippen molar-refractivity contribution in [3.05, 3.63) is 102 Å². The van der Waals surface area contributed by atoms with Gasteiger partial charge in [0.05, 0.1) is 0 Å². The van der Waals surface area contributed by atoms with E-state index >= 15 is 0 Å². The third-order valence-electron chi connectivity index (χ3n) is 6.62. The third kappa shape index (κ3) is 5.65. The molecule has 3 atom stereocenters. The number of hydrazine groups is 1. The molecular formula is C28H32N4O2. The van der Waals surface area contributed by atoms with Crippen molar-refractivity contribution in [3.8, 4) is 5.75 Å². The molecule has 1 amide bonds. The Morgan fingerprint density at radius 2 is 1.62 bits per heavy atom. The topological polar surface area (TPSA) is 65.6 Å². The normalized spacial score (nSPS) is 22.4. The number of nitrogens with one attached hydrogen (secondary N) is 3. The van der Waals surface area contributed by atoms with Gasteiger partial charge in [0, 0.05) is 50.2 Å². The standard InChI is InChI=1S/C28H32N4O2/c33-28(29-18-24-17-25(31-30-24)21-9-3-1-4-10-21)15-16-32-19-23-13-7-8-14-26(23)34-27(20-32)22-11-5-2-6-12-22/h1-14,24-25,27,30-31H,15-20H2,(H,29,33). The molecule has 0 radical (unpaired) electrons. The zero-order valence-electron chi connectivity index (χ0n) is 19.3. The quantitative estimate of drug-likeness (QED) is 0.506. The number of ether oxygens (including phenoxy) is 1. The van der Waals surface area contributed by atoms with Gasteiger partial charge in [0.2, 0.25) is 5.91 Å². The number of hydrogen-bond acceptors (Lipinski definition) is 5. The summed E-state index contributed by atoms with van der Waals surface area (Å²) in [7, 11) is 0. The molecule has 0 aromatic heterocycles. The van der Waals surface area contributed by atoms with Gasteiger partial charge in [0.1, 0.15) is 11.9 Å². The van der Waals surface area contributed by atoms with Crippen molar-refractivity contribution in [1.29, 1.82) is 0 Å². The fraction of sp³-hybridized carbons (Fsp3) is 0.321. The predicted molar refractivity (Wildman–Crippen MR) is 133 cm³/mol. The van der Waals surface area contributed by atoms with E-state index in [1.807, 2.05) is 42.5 Å². The molecule has 3 aromatic rings. The average molecular weight is 457 g/mol. The van der Waals surface area contributed by atoms with Gasteiger partial charge in [-0.1, -0.05) is 78.9 Å². The fourth-order valence-corrected chi connectivity index (χ4v) is 4.74. The van der Waals surface area contributed by atoms with Gasteiger partial charge in [-0.3, -0.25) is 15.1 Å². The number of benzene rings is 3. The van der Waals surface area contributed by atoms with Crippen LogP contribution in [0.1, 0.15) is 41.7 Å². The summed E-state index contributed by atoms with van der Waals surface area (Å²) in [4.78, 5) is 15.0. The second-order valence-electron chi connectivity index (χ2n) is 9.10. The molecular weight excluding hydrogens is 424 g/mol. The van der Waals surface area contributed by atoms with Gasteiger partial charge in [-0.15, -0.1) is 0 Å². The molecule has 3 aromatic carbocycles. The van der Waals surface area contributed by atoms with Crippen LogP contribution < -0.4 is 20.9 Å². The van der Waals surface area contributed by atoms with Crippen molar-refractivity contribution >= 4 is 5.91 Å². The summed E-state index contributed by atoms with van der Waals surface area (Å²) in [5.74, 6) is 1.01. The van der Waals surface area contributed by atoms with E-state index in [1.54, 1.807) is 0 Å². The van der Waals surface area contributed by atoms with Crippen LogP contribution >= 0.6 is 0 Å². The molecule has 1 saturated heterocycles. The van der Waals surface area contributed by atoms with Gasteiger partial charge in [0.15, 0.2) is 0 Å². The molecule has 3 unspecified atom stereocenters. The Balaban J connectivity index is 1.14. The number of rotatable bonds is 7. The van der Waals surface area contributed by atoms with Gasteiger partial charge in [-0.2, -0.15) is 0 Å². The average Bonchev–Trinajstić information content (AvgIpc) is 3.28. The van der Waals surface area contributed by atoms with E-state index in [1.165, 1.54) is 5.56 Å². The minimum absolute atomic E-state index is 0.0587. The highest BCUT2D eigenvalue weighted by molar-refractivity contribution is 5.76. The smallest absolute Gasteiger partial charge is 0.221 e. The highest BCUT2D eigenvalue weighted by atomic mass is 16.5. The zero-order chi connectivity index (χ0) is 23.2. The van der Waals surface area contributed by atoms with Crippen LogP contribution in [0.15, 0.2) is 84.9 Å². The second kappa shape index (κ2) is 10.8. The van der Waals surface area contributed by atoms with E-state index < -0.39 is 0 Å². The molecule has 3 N–H and O–H groups in total. The summed E-state index contributed by atoms with van der Waals surface area (Å²) in [6.07, 6.45) is 1.35. The molecule has 1 fully saturated rings. The Labute approximate surface area is 201 Å². The maximum absolute atomic E-state index is 12.7. The summed E-state index contributed by atoms with van der Waals surface area (Å²) in [5, 5.41) is 3.11. The first-order valence-electron chi connectivity index (χ1n) is 12.1. The van der Waals surface area contributed by atoms with Crippen LogP contribution in [0.3, 0.4) is 0 Å². The van der Waals surface area contributed by atoms with E-state index in [0.717, 1.165) is 36.4 Å². The molecule has 2 aliphatic heterocycles. The van der Waals surface area contributed by atoms with Crippen LogP contribution in [0.4, 0.5) is 0 Å². The van der Waals surface area contributed by atoms with Crippen molar-refractivity contribution in [2.75, 3.05) is 19.6 Å². The van der Waals surface area contributed by atoms with Gasteiger partial charge < -0.3 is 10.1 Å². The van der Waals surface area contributed by atoms with Crippen molar-refractivity contribution in [1.82, 2.24) is 21.1 Å². The maximum Gasteiger partial charge on any atom is 0.221 e. The molecule has 6 heteroatoms. The second-order valence-corrected chi connectivity index (χ2v) is 9.10. The SMILES string of the molecule is O=C(CCN1Cc2ccccc2OC(c2ccccc2)C1)NCC1CC(c2ccccc2)NN1. The Bertz CT molecular complexity index is 1080. The maximum atomic E-state index is 12.7. The summed E-state index contributed by atoms with van der Waals surface area (Å²) in [6.45, 7) is 2.84. The van der Waals surface area contributed by atoms with E-state index in [4.69, 9.17) is 4.74 Å². The lowest BCUT2D eigenvalue weighted by molar-refractivity contribution is -0.121. The number of nitrogens with zero attached hydrogens (tertiary/aromatic N) is 1. The lowest BCUT2D eigenvalue weighted by atomic mass is 10.0. The third-order valence-corrected chi connectivity index (χ3v) is 6.62. The van der Waals surface area contributed by atoms with Gasteiger partial charge in [-0.05, 0) is 23.6 Å². The van der Waals surface area contributed by atoms with Gasteiger partial charge in [-0.25, -0.2) is 5.43 Å². The molecule has 2 aliphatic rings. The van der Waals surface area contributed by atoms with E-state index in [0.29, 0.717) is 19.5 Å². The van der Waals surface area contributed by atoms with Crippen molar-refractivity contribution in [2.24, 2.45) is 0 Å². The number of amides is 1. The number of fused-ring (bicyclic) bond motifs is 1. The molecule has 6 nitrogen and oxygen atoms in total. The highest BCUT2D eigenvalue weighted by Gasteiger charge is 2.26. The van der Waals surface area contributed by atoms with Crippen LogP contribution in [0, 0.1) is 0 Å². The molecule has 34 heavy (non-hydrogen) atoms. The fourth-order valence-electron chi connectivity index (χ4n) is 4.74. The van der Waals surface area contributed by atoms with E-state index in [9.17, 15) is 4.79 Å². The first kappa shape index (κ1) is 22.6. The van der Waals surface area contributed by atoms with Crippen molar-refractivity contribution < 1.29 is 9.53 Å². The molecule has 2 heterocycles. The molecule has 0 bridgehead atoms. The van der Waals surface area contributed by atoms with Crippen LogP contribution in [0.2, 0.25) is 0 Å². The van der Waals surface area contributed by atoms with Gasteiger partial charge >= 0.3 is 0 Å². The Morgan fingerprint density at radius 3 is 2.41 bits per heavy atom. The predicted octanol–water partition coefficient (Wildman–Crippen LogP) is 3.74. The highest BCUT2D eigenvalue weighted by Crippen LogP contribution is 2.31. The van der Waals surface area contributed by atoms with E-state index in [-0.39, 0.29) is 24.1 Å². The van der Waals surface area contributed by atoms with E-state index in [2.05, 4.69) is 63.5 Å². The Morgan fingerprint density at radius 1 is 0.912 bits per heavy atom. The minimum Gasteiger partial charge on any atom is -0.484 e. The molecule has 0 aliphatic carbocycles. The first-order valence-corrected chi connectivity index (χ1v) is 12.1. The molecule has 0 spiro atoms. The number of carbonyl (C=O) groups excluding carboxylic acids is 1. The number of hydrogen-bond donors (Lipinski definition) is 3. The van der Waals surface area contributed by atoms with Crippen LogP contribution in [-0.4, -0.2) is 36.5 Å². The summed E-state index contributed by atoms with van der Waals surface area (Å²) < 4.78 is 6.38. The Kier molecular flexibility index (Phi) is 7.19. The number of para-hydroxylation sites is 1. The largest absolute Gasteiger partial charge is 0.484 e. The van der Waals surface area contributed by atoms with Crippen LogP contribution in [-0.2, 0) is 11.3 Å². The number of carbonyl (C=O) groups is 1. The first-order chi connectivity index (χ1) is 16.7. The molecule has 176 valence electrons. The summed E-state index contributed by atoms with van der Waals surface area (Å²) in [6, 6.07) is 29.4. The lowest BCUT2D eigenvalue weighted by Crippen LogP contribution is -2.41. The van der Waals surface area contributed by atoms with Crippen molar-refractivity contribution in [2.45, 2.75) is 37.6 Å². The zero-order valence-corrected chi connectivity index (χ0v) is 19.3.